The van der Waals surface area contributed by atoms with Crippen LogP contribution in [0.4, 0.5) is 10.1 Å². The summed E-state index contributed by atoms with van der Waals surface area (Å²) in [4.78, 5) is 14.8. The number of piperazine rings is 1. The van der Waals surface area contributed by atoms with Gasteiger partial charge in [0.15, 0.2) is 0 Å². The van der Waals surface area contributed by atoms with Crippen LogP contribution in [0.5, 0.6) is 0 Å². The molecule has 1 aliphatic rings. The van der Waals surface area contributed by atoms with E-state index < -0.39 is 10.0 Å². The van der Waals surface area contributed by atoms with Crippen LogP contribution in [0.1, 0.15) is 29.9 Å². The van der Waals surface area contributed by atoms with Gasteiger partial charge in [-0.05, 0) is 49.1 Å². The maximum absolute atomic E-state index is 13.1. The zero-order chi connectivity index (χ0) is 20.3. The van der Waals surface area contributed by atoms with E-state index in [4.69, 9.17) is 0 Å². The number of thiophene rings is 1. The smallest absolute Gasteiger partial charge is 0.262 e. The summed E-state index contributed by atoms with van der Waals surface area (Å²) in [6, 6.07) is 7.64. The van der Waals surface area contributed by atoms with Gasteiger partial charge in [-0.25, -0.2) is 12.8 Å². The number of nitrogens with zero attached hydrogens (tertiary/aromatic N) is 2. The van der Waals surface area contributed by atoms with Crippen LogP contribution >= 0.6 is 11.3 Å². The van der Waals surface area contributed by atoms with Crippen molar-refractivity contribution >= 4 is 33.0 Å². The Balaban J connectivity index is 1.72. The van der Waals surface area contributed by atoms with Crippen LogP contribution in [0.2, 0.25) is 0 Å². The predicted molar refractivity (Wildman–Crippen MR) is 109 cm³/mol. The van der Waals surface area contributed by atoms with Crippen molar-refractivity contribution in [1.29, 1.82) is 0 Å². The van der Waals surface area contributed by atoms with Crippen molar-refractivity contribution in [2.45, 2.75) is 31.2 Å². The van der Waals surface area contributed by atoms with Crippen LogP contribution in [0, 0.1) is 5.82 Å². The van der Waals surface area contributed by atoms with Crippen LogP contribution in [0.25, 0.3) is 0 Å². The number of nitrogens with one attached hydrogen (secondary N) is 1. The molecule has 1 amide bonds. The van der Waals surface area contributed by atoms with Gasteiger partial charge in [0.25, 0.3) is 5.91 Å². The molecule has 9 heteroatoms. The number of rotatable bonds is 6. The monoisotopic (exact) mass is 425 g/mol. The van der Waals surface area contributed by atoms with E-state index in [0.717, 1.165) is 23.4 Å². The summed E-state index contributed by atoms with van der Waals surface area (Å²) < 4.78 is 40.7. The lowest BCUT2D eigenvalue weighted by molar-refractivity contribution is 0.0940. The van der Waals surface area contributed by atoms with E-state index in [2.05, 4.69) is 5.32 Å². The number of anilines is 1. The van der Waals surface area contributed by atoms with Gasteiger partial charge in [0, 0.05) is 37.9 Å². The highest BCUT2D eigenvalue weighted by Crippen LogP contribution is 2.27. The molecular formula is C19H24FN3O3S2. The highest BCUT2D eigenvalue weighted by Gasteiger charge is 2.32. The summed E-state index contributed by atoms with van der Waals surface area (Å²) in [6.07, 6.45) is 0.768. The number of carbonyl (C=O) groups excluding carboxylic acids is 1. The van der Waals surface area contributed by atoms with E-state index in [0.29, 0.717) is 26.2 Å². The number of carbonyl (C=O) groups is 1. The molecule has 1 N–H and O–H groups in total. The molecule has 1 fully saturated rings. The number of amides is 1. The zero-order valence-electron chi connectivity index (χ0n) is 15.9. The Morgan fingerprint density at radius 3 is 2.43 bits per heavy atom. The summed E-state index contributed by atoms with van der Waals surface area (Å²) >= 11 is 1.14. The van der Waals surface area contributed by atoms with Gasteiger partial charge in [-0.3, -0.25) is 4.79 Å². The minimum absolute atomic E-state index is 0.0237. The number of halogens is 1. The van der Waals surface area contributed by atoms with Gasteiger partial charge in [0.1, 0.15) is 15.6 Å². The minimum atomic E-state index is -3.75. The first-order valence-corrected chi connectivity index (χ1v) is 11.5. The molecule has 1 aliphatic heterocycles. The molecule has 1 atom stereocenters. The Kier molecular flexibility index (Phi) is 6.36. The quantitative estimate of drug-likeness (QED) is 0.773. The molecule has 1 saturated heterocycles. The highest BCUT2D eigenvalue weighted by atomic mass is 32.2. The second-order valence-corrected chi connectivity index (χ2v) is 9.59. The Morgan fingerprint density at radius 2 is 1.82 bits per heavy atom. The molecule has 1 aromatic heterocycles. The van der Waals surface area contributed by atoms with Gasteiger partial charge >= 0.3 is 0 Å². The molecule has 6 nitrogen and oxygen atoms in total. The molecule has 0 radical (unpaired) electrons. The molecule has 152 valence electrons. The first-order valence-electron chi connectivity index (χ1n) is 9.22. The maximum Gasteiger partial charge on any atom is 0.262 e. The third kappa shape index (κ3) is 4.37. The second-order valence-electron chi connectivity index (χ2n) is 6.76. The van der Waals surface area contributed by atoms with Crippen molar-refractivity contribution in [3.8, 4) is 0 Å². The average Bonchev–Trinajstić information content (AvgIpc) is 3.19. The van der Waals surface area contributed by atoms with Gasteiger partial charge in [0.05, 0.1) is 0 Å². The lowest BCUT2D eigenvalue weighted by atomic mass is 10.2. The third-order valence-corrected chi connectivity index (χ3v) is 7.86. The third-order valence-electron chi connectivity index (χ3n) is 4.87. The first kappa shape index (κ1) is 20.8. The van der Waals surface area contributed by atoms with Gasteiger partial charge in [-0.15, -0.1) is 11.3 Å². The van der Waals surface area contributed by atoms with Gasteiger partial charge < -0.3 is 10.2 Å². The zero-order valence-corrected chi connectivity index (χ0v) is 17.5. The van der Waals surface area contributed by atoms with Gasteiger partial charge in [-0.1, -0.05) is 6.92 Å². The molecule has 3 rings (SSSR count). The number of sulfonamides is 1. The van der Waals surface area contributed by atoms with Crippen molar-refractivity contribution in [1.82, 2.24) is 9.62 Å². The lowest BCUT2D eigenvalue weighted by Gasteiger charge is -2.35. The predicted octanol–water partition coefficient (Wildman–Crippen LogP) is 2.93. The number of hydrogen-bond acceptors (Lipinski definition) is 5. The molecule has 0 unspecified atom stereocenters. The molecule has 0 saturated carbocycles. The molecule has 0 spiro atoms. The van der Waals surface area contributed by atoms with Crippen molar-refractivity contribution in [2.24, 2.45) is 0 Å². The summed E-state index contributed by atoms with van der Waals surface area (Å²) in [5, 5.41) is 4.46. The molecule has 0 aliphatic carbocycles. The van der Waals surface area contributed by atoms with Gasteiger partial charge in [-0.2, -0.15) is 4.31 Å². The van der Waals surface area contributed by atoms with Crippen molar-refractivity contribution < 1.29 is 17.6 Å². The van der Waals surface area contributed by atoms with Crippen LogP contribution in [-0.2, 0) is 10.0 Å². The Bertz CT molecular complexity index is 920. The molecular weight excluding hydrogens is 401 g/mol. The Hall–Kier alpha value is -1.97. The Labute approximate surface area is 169 Å². The van der Waals surface area contributed by atoms with E-state index in [1.54, 1.807) is 17.5 Å². The van der Waals surface area contributed by atoms with Crippen molar-refractivity contribution in [2.75, 3.05) is 31.1 Å². The molecule has 1 aromatic carbocycles. The van der Waals surface area contributed by atoms with E-state index in [9.17, 15) is 17.6 Å². The van der Waals surface area contributed by atoms with E-state index in [1.807, 2.05) is 18.7 Å². The SMILES string of the molecule is CC[C@@H](C)NC(=O)c1sccc1S(=O)(=O)N1CCN(c2ccc(F)cc2)CC1. The van der Waals surface area contributed by atoms with Crippen LogP contribution < -0.4 is 10.2 Å². The van der Waals surface area contributed by atoms with Crippen LogP contribution in [0.3, 0.4) is 0 Å². The average molecular weight is 426 g/mol. The van der Waals surface area contributed by atoms with Crippen LogP contribution in [0.15, 0.2) is 40.6 Å². The Morgan fingerprint density at radius 1 is 1.18 bits per heavy atom. The largest absolute Gasteiger partial charge is 0.369 e. The van der Waals surface area contributed by atoms with E-state index in [1.165, 1.54) is 22.5 Å². The van der Waals surface area contributed by atoms with Gasteiger partial charge in [0.2, 0.25) is 10.0 Å². The van der Waals surface area contributed by atoms with E-state index >= 15 is 0 Å². The van der Waals surface area contributed by atoms with Crippen LogP contribution in [-0.4, -0.2) is 50.9 Å². The van der Waals surface area contributed by atoms with E-state index in [-0.39, 0.29) is 27.5 Å². The fourth-order valence-corrected chi connectivity index (χ4v) is 5.76. The second kappa shape index (κ2) is 8.59. The number of benzene rings is 1. The van der Waals surface area contributed by atoms with Crippen molar-refractivity contribution in [3.05, 3.63) is 46.4 Å². The lowest BCUT2D eigenvalue weighted by Crippen LogP contribution is -2.48. The summed E-state index contributed by atoms with van der Waals surface area (Å²) in [7, 11) is -3.75. The summed E-state index contributed by atoms with van der Waals surface area (Å²) in [5.74, 6) is -0.654. The molecule has 2 aromatic rings. The van der Waals surface area contributed by atoms with Crippen molar-refractivity contribution in [3.63, 3.8) is 0 Å². The minimum Gasteiger partial charge on any atom is -0.369 e. The number of hydrogen-bond donors (Lipinski definition) is 1. The summed E-state index contributed by atoms with van der Waals surface area (Å²) in [6.45, 7) is 5.46. The fourth-order valence-electron chi connectivity index (χ4n) is 3.04. The molecule has 28 heavy (non-hydrogen) atoms. The molecule has 2 heterocycles. The fraction of sp³-hybridized carbons (Fsp3) is 0.421. The normalized spacial score (nSPS) is 16.8. The standard InChI is InChI=1S/C19H24FN3O3S2/c1-3-14(2)21-19(24)18-17(8-13-27-18)28(25,26)23-11-9-22(10-12-23)16-6-4-15(20)5-7-16/h4-8,13-14H,3,9-12H2,1-2H3,(H,21,24)/t14-/m1/s1. The summed E-state index contributed by atoms with van der Waals surface area (Å²) in [5.41, 5.74) is 0.864. The highest BCUT2D eigenvalue weighted by molar-refractivity contribution is 7.89. The molecule has 0 bridgehead atoms. The maximum atomic E-state index is 13.1. The topological polar surface area (TPSA) is 69.7 Å². The first-order chi connectivity index (χ1) is 13.3.